The second-order valence-corrected chi connectivity index (χ2v) is 6.52. The second-order valence-electron chi connectivity index (χ2n) is 6.52. The largest absolute Gasteiger partial charge is 0.496 e. The van der Waals surface area contributed by atoms with E-state index in [4.69, 9.17) is 19.9 Å². The van der Waals surface area contributed by atoms with Crippen LogP contribution < -0.4 is 15.2 Å². The number of ether oxygens (including phenoxy) is 3. The first kappa shape index (κ1) is 20.4. The van der Waals surface area contributed by atoms with Gasteiger partial charge in [0.1, 0.15) is 19.0 Å². The first-order valence-electron chi connectivity index (χ1n) is 9.33. The van der Waals surface area contributed by atoms with Crippen LogP contribution in [0.4, 0.5) is 0 Å². The number of carbonyl (C=O) groups excluding carboxylic acids is 1. The fraction of sp³-hybridized carbons (Fsp3) is 0.217. The molecule has 150 valence electrons. The van der Waals surface area contributed by atoms with Gasteiger partial charge in [0, 0.05) is 12.2 Å². The van der Waals surface area contributed by atoms with Crippen LogP contribution in [0.25, 0.3) is 0 Å². The van der Waals surface area contributed by atoms with Crippen LogP contribution in [-0.2, 0) is 17.8 Å². The number of hydrogen-bond donors (Lipinski definition) is 1. The highest BCUT2D eigenvalue weighted by Crippen LogP contribution is 2.27. The van der Waals surface area contributed by atoms with Crippen molar-refractivity contribution in [3.05, 3.63) is 89.6 Å². The fourth-order valence-electron chi connectivity index (χ4n) is 2.85. The molecule has 0 aliphatic carbocycles. The van der Waals surface area contributed by atoms with Gasteiger partial charge in [-0.1, -0.05) is 60.7 Å². The predicted molar refractivity (Wildman–Crippen MR) is 110 cm³/mol. The molecular formula is C23H24N2O4. The zero-order valence-corrected chi connectivity index (χ0v) is 16.3. The third-order valence-corrected chi connectivity index (χ3v) is 4.29. The fourth-order valence-corrected chi connectivity index (χ4v) is 2.85. The molecular weight excluding hydrogens is 368 g/mol. The van der Waals surface area contributed by atoms with Crippen molar-refractivity contribution < 1.29 is 19.0 Å². The van der Waals surface area contributed by atoms with Gasteiger partial charge in [0.15, 0.2) is 5.56 Å². The first-order chi connectivity index (χ1) is 14.2. The molecule has 0 unspecified atom stereocenters. The molecule has 2 N–H and O–H groups in total. The van der Waals surface area contributed by atoms with Crippen molar-refractivity contribution in [2.75, 3.05) is 13.7 Å². The number of carbonyl (C=O) groups is 1. The van der Waals surface area contributed by atoms with E-state index in [1.165, 1.54) is 13.3 Å². The number of nitrogens with zero attached hydrogens (tertiary/aromatic N) is 1. The maximum absolute atomic E-state index is 12.7. The van der Waals surface area contributed by atoms with Crippen molar-refractivity contribution in [1.29, 1.82) is 0 Å². The van der Waals surface area contributed by atoms with Gasteiger partial charge in [0.25, 0.3) is 0 Å². The van der Waals surface area contributed by atoms with E-state index in [9.17, 15) is 4.79 Å². The Morgan fingerprint density at radius 1 is 1.00 bits per heavy atom. The Hall–Kier alpha value is -3.38. The number of nitrogens with two attached hydrogens (primary N) is 1. The number of esters is 1. The van der Waals surface area contributed by atoms with Gasteiger partial charge in [0.2, 0.25) is 5.88 Å². The lowest BCUT2D eigenvalue weighted by Gasteiger charge is -2.16. The molecule has 3 rings (SSSR count). The Morgan fingerprint density at radius 3 is 2.31 bits per heavy atom. The number of pyridine rings is 1. The number of benzene rings is 2. The van der Waals surface area contributed by atoms with E-state index in [0.29, 0.717) is 12.2 Å². The summed E-state index contributed by atoms with van der Waals surface area (Å²) < 4.78 is 16.5. The summed E-state index contributed by atoms with van der Waals surface area (Å²) in [5.41, 5.74) is 8.34. The minimum atomic E-state index is -0.564. The maximum Gasteiger partial charge on any atom is 0.347 e. The van der Waals surface area contributed by atoms with Crippen molar-refractivity contribution in [1.82, 2.24) is 4.98 Å². The van der Waals surface area contributed by atoms with Crippen molar-refractivity contribution in [3.8, 4) is 11.6 Å². The first-order valence-corrected chi connectivity index (χ1v) is 9.33. The van der Waals surface area contributed by atoms with E-state index < -0.39 is 5.97 Å². The molecule has 6 nitrogen and oxygen atoms in total. The molecule has 1 atom stereocenters. The Balaban J connectivity index is 1.67. The van der Waals surface area contributed by atoms with Crippen molar-refractivity contribution in [3.63, 3.8) is 0 Å². The van der Waals surface area contributed by atoms with Crippen molar-refractivity contribution in [2.24, 2.45) is 5.73 Å². The van der Waals surface area contributed by atoms with Crippen molar-refractivity contribution in [2.45, 2.75) is 19.1 Å². The van der Waals surface area contributed by atoms with Gasteiger partial charge in [-0.05, 0) is 23.6 Å². The van der Waals surface area contributed by atoms with Crippen molar-refractivity contribution >= 4 is 5.97 Å². The van der Waals surface area contributed by atoms with Crippen LogP contribution in [-0.4, -0.2) is 30.7 Å². The highest BCUT2D eigenvalue weighted by molar-refractivity contribution is 5.95. The number of hydrogen-bond acceptors (Lipinski definition) is 6. The topological polar surface area (TPSA) is 83.7 Å². The Labute approximate surface area is 170 Å². The SMILES string of the molecule is COc1ccnc(OC[C@H](N)Cc2ccccc2)c1C(=O)OCc1ccccc1. The van der Waals surface area contributed by atoms with Gasteiger partial charge in [0.05, 0.1) is 7.11 Å². The normalized spacial score (nSPS) is 11.5. The molecule has 0 bridgehead atoms. The predicted octanol–water partition coefficient (Wildman–Crippen LogP) is 3.40. The highest BCUT2D eigenvalue weighted by atomic mass is 16.5. The van der Waals surface area contributed by atoms with Gasteiger partial charge in [-0.2, -0.15) is 0 Å². The quantitative estimate of drug-likeness (QED) is 0.562. The molecule has 3 aromatic rings. The molecule has 0 saturated heterocycles. The summed E-state index contributed by atoms with van der Waals surface area (Å²) in [6, 6.07) is 20.7. The third-order valence-electron chi connectivity index (χ3n) is 4.29. The van der Waals surface area contributed by atoms with Gasteiger partial charge in [-0.25, -0.2) is 9.78 Å². The number of rotatable bonds is 9. The molecule has 0 spiro atoms. The summed E-state index contributed by atoms with van der Waals surface area (Å²) in [5, 5.41) is 0. The minimum Gasteiger partial charge on any atom is -0.496 e. The summed E-state index contributed by atoms with van der Waals surface area (Å²) in [4.78, 5) is 16.9. The molecule has 0 radical (unpaired) electrons. The summed E-state index contributed by atoms with van der Waals surface area (Å²) >= 11 is 0. The average Bonchev–Trinajstić information content (AvgIpc) is 2.77. The van der Waals surface area contributed by atoms with Crippen LogP contribution in [0, 0.1) is 0 Å². The maximum atomic E-state index is 12.7. The van der Waals surface area contributed by atoms with Gasteiger partial charge < -0.3 is 19.9 Å². The van der Waals surface area contributed by atoms with Crippen LogP contribution in [0.1, 0.15) is 21.5 Å². The summed E-state index contributed by atoms with van der Waals surface area (Å²) in [6.45, 7) is 0.346. The molecule has 6 heteroatoms. The lowest BCUT2D eigenvalue weighted by atomic mass is 10.1. The van der Waals surface area contributed by atoms with E-state index in [-0.39, 0.29) is 30.7 Å². The molecule has 29 heavy (non-hydrogen) atoms. The minimum absolute atomic E-state index is 0.144. The van der Waals surface area contributed by atoms with Crippen LogP contribution in [0.2, 0.25) is 0 Å². The van der Waals surface area contributed by atoms with Crippen LogP contribution in [0.5, 0.6) is 11.6 Å². The molecule has 0 fully saturated rings. The van der Waals surface area contributed by atoms with E-state index in [0.717, 1.165) is 11.1 Å². The molecule has 0 amide bonds. The molecule has 0 aliphatic heterocycles. The summed E-state index contributed by atoms with van der Waals surface area (Å²) in [6.07, 6.45) is 2.17. The number of aromatic nitrogens is 1. The van der Waals surface area contributed by atoms with E-state index in [2.05, 4.69) is 4.98 Å². The monoisotopic (exact) mass is 392 g/mol. The van der Waals surface area contributed by atoms with Gasteiger partial charge in [-0.3, -0.25) is 0 Å². The molecule has 1 aromatic heterocycles. The zero-order chi connectivity index (χ0) is 20.5. The second kappa shape index (κ2) is 10.2. The summed E-state index contributed by atoms with van der Waals surface area (Å²) in [7, 11) is 1.48. The highest BCUT2D eigenvalue weighted by Gasteiger charge is 2.22. The van der Waals surface area contributed by atoms with Gasteiger partial charge >= 0.3 is 5.97 Å². The van der Waals surface area contributed by atoms with E-state index in [1.807, 2.05) is 60.7 Å². The standard InChI is InChI=1S/C23H24N2O4/c1-27-20-12-13-25-22(28-16-19(24)14-17-8-4-2-5-9-17)21(20)23(26)29-15-18-10-6-3-7-11-18/h2-13,19H,14-16,24H2,1H3/t19-/m1/s1. The smallest absolute Gasteiger partial charge is 0.347 e. The Bertz CT molecular complexity index is 917. The van der Waals surface area contributed by atoms with Crippen LogP contribution in [0.15, 0.2) is 72.9 Å². The lowest BCUT2D eigenvalue weighted by Crippen LogP contribution is -2.30. The van der Waals surface area contributed by atoms with E-state index in [1.54, 1.807) is 6.07 Å². The zero-order valence-electron chi connectivity index (χ0n) is 16.3. The molecule has 1 heterocycles. The van der Waals surface area contributed by atoms with Crippen LogP contribution >= 0.6 is 0 Å². The lowest BCUT2D eigenvalue weighted by molar-refractivity contribution is 0.0462. The van der Waals surface area contributed by atoms with Gasteiger partial charge in [-0.15, -0.1) is 0 Å². The molecule has 2 aromatic carbocycles. The Kier molecular flexibility index (Phi) is 7.19. The number of methoxy groups -OCH3 is 1. The summed E-state index contributed by atoms with van der Waals surface area (Å²) in [5.74, 6) is -0.0824. The van der Waals surface area contributed by atoms with E-state index >= 15 is 0 Å². The molecule has 0 aliphatic rings. The Morgan fingerprint density at radius 2 is 1.66 bits per heavy atom. The third kappa shape index (κ3) is 5.80. The average molecular weight is 392 g/mol. The molecule has 0 saturated carbocycles. The van der Waals surface area contributed by atoms with Crippen LogP contribution in [0.3, 0.4) is 0 Å².